The normalized spacial score (nSPS) is 22.9. The fourth-order valence-electron chi connectivity index (χ4n) is 5.54. The molecule has 0 N–H and O–H groups in total. The number of rotatable bonds is 4. The molecular weight excluding hydrogens is 356 g/mol. The lowest BCUT2D eigenvalue weighted by atomic mass is 9.87. The maximum atomic E-state index is 4.89. The highest BCUT2D eigenvalue weighted by Crippen LogP contribution is 2.35. The van der Waals surface area contributed by atoms with Crippen LogP contribution in [0, 0.1) is 11.8 Å². The van der Waals surface area contributed by atoms with E-state index >= 15 is 0 Å². The van der Waals surface area contributed by atoms with Crippen LogP contribution in [0.15, 0.2) is 42.0 Å². The molecular formula is C25H32N4. The van der Waals surface area contributed by atoms with Gasteiger partial charge in [-0.05, 0) is 75.2 Å². The van der Waals surface area contributed by atoms with Gasteiger partial charge >= 0.3 is 0 Å². The molecule has 3 heterocycles. The van der Waals surface area contributed by atoms with Gasteiger partial charge in [-0.25, -0.2) is 0 Å². The van der Waals surface area contributed by atoms with Crippen molar-refractivity contribution in [1.29, 1.82) is 0 Å². The highest BCUT2D eigenvalue weighted by atomic mass is 15.3. The SMILES string of the molecule is C=C1c2cnn(C)c2CCCC1CCN1CCC(C2=NCc3ccccc32)CC1. The van der Waals surface area contributed by atoms with Crippen molar-refractivity contribution in [3.63, 3.8) is 0 Å². The fourth-order valence-corrected chi connectivity index (χ4v) is 5.54. The van der Waals surface area contributed by atoms with Gasteiger partial charge in [-0.3, -0.25) is 9.67 Å². The van der Waals surface area contributed by atoms with E-state index in [1.54, 1.807) is 0 Å². The van der Waals surface area contributed by atoms with E-state index in [1.807, 2.05) is 10.9 Å². The monoisotopic (exact) mass is 388 g/mol. The van der Waals surface area contributed by atoms with Crippen molar-refractivity contribution in [2.24, 2.45) is 23.9 Å². The summed E-state index contributed by atoms with van der Waals surface area (Å²) in [5.74, 6) is 1.24. The lowest BCUT2D eigenvalue weighted by molar-refractivity contribution is 0.200. The number of benzene rings is 1. The number of hydrogen-bond acceptors (Lipinski definition) is 3. The van der Waals surface area contributed by atoms with Crippen LogP contribution in [-0.2, 0) is 20.0 Å². The third-order valence-electron chi connectivity index (χ3n) is 7.35. The van der Waals surface area contributed by atoms with Gasteiger partial charge in [0.15, 0.2) is 0 Å². The third-order valence-corrected chi connectivity index (χ3v) is 7.35. The molecule has 1 atom stereocenters. The molecule has 1 aromatic heterocycles. The van der Waals surface area contributed by atoms with Gasteiger partial charge in [0.1, 0.15) is 0 Å². The van der Waals surface area contributed by atoms with Gasteiger partial charge in [0.25, 0.3) is 0 Å². The molecule has 1 aliphatic carbocycles. The molecule has 3 aliphatic rings. The Labute approximate surface area is 174 Å². The Morgan fingerprint density at radius 2 is 1.93 bits per heavy atom. The van der Waals surface area contributed by atoms with Crippen molar-refractivity contribution in [3.05, 3.63) is 59.4 Å². The predicted octanol–water partition coefficient (Wildman–Crippen LogP) is 4.49. The van der Waals surface area contributed by atoms with Crippen LogP contribution in [0.25, 0.3) is 5.57 Å². The quantitative estimate of drug-likeness (QED) is 0.723. The third kappa shape index (κ3) is 3.59. The molecule has 5 rings (SSSR count). The lowest BCUT2D eigenvalue weighted by Crippen LogP contribution is -2.37. The number of aromatic nitrogens is 2. The van der Waals surface area contributed by atoms with Crippen molar-refractivity contribution in [2.45, 2.75) is 45.1 Å². The van der Waals surface area contributed by atoms with E-state index in [-0.39, 0.29) is 0 Å². The van der Waals surface area contributed by atoms with Gasteiger partial charge in [-0.15, -0.1) is 0 Å². The highest BCUT2D eigenvalue weighted by Gasteiger charge is 2.29. The molecule has 1 unspecified atom stereocenters. The van der Waals surface area contributed by atoms with Gasteiger partial charge in [-0.2, -0.15) is 5.10 Å². The number of aliphatic imine (C=N–C) groups is 1. The minimum Gasteiger partial charge on any atom is -0.303 e. The van der Waals surface area contributed by atoms with Crippen LogP contribution < -0.4 is 0 Å². The Bertz CT molecular complexity index is 930. The average molecular weight is 389 g/mol. The van der Waals surface area contributed by atoms with Crippen LogP contribution in [-0.4, -0.2) is 40.0 Å². The van der Waals surface area contributed by atoms with Crippen molar-refractivity contribution in [1.82, 2.24) is 14.7 Å². The van der Waals surface area contributed by atoms with E-state index in [1.165, 1.54) is 85.4 Å². The predicted molar refractivity (Wildman–Crippen MR) is 119 cm³/mol. The first-order valence-electron chi connectivity index (χ1n) is 11.3. The van der Waals surface area contributed by atoms with Crippen LogP contribution in [0.1, 0.15) is 54.5 Å². The summed E-state index contributed by atoms with van der Waals surface area (Å²) in [4.78, 5) is 7.56. The van der Waals surface area contributed by atoms with E-state index in [4.69, 9.17) is 4.99 Å². The number of nitrogens with zero attached hydrogens (tertiary/aromatic N) is 4. The fraction of sp³-hybridized carbons (Fsp3) is 0.520. The van der Waals surface area contributed by atoms with Crippen molar-refractivity contribution in [2.75, 3.05) is 19.6 Å². The summed E-state index contributed by atoms with van der Waals surface area (Å²) in [5.41, 5.74) is 8.20. The molecule has 0 radical (unpaired) electrons. The molecule has 2 aromatic rings. The minimum atomic E-state index is 0.601. The van der Waals surface area contributed by atoms with Crippen LogP contribution in [0.3, 0.4) is 0 Å². The first-order valence-corrected chi connectivity index (χ1v) is 11.3. The Morgan fingerprint density at radius 1 is 1.10 bits per heavy atom. The number of piperidine rings is 1. The maximum absolute atomic E-state index is 4.89. The molecule has 0 saturated carbocycles. The largest absolute Gasteiger partial charge is 0.303 e. The molecule has 1 aromatic carbocycles. The number of allylic oxidation sites excluding steroid dienone is 1. The Kier molecular flexibility index (Phi) is 5.13. The second-order valence-electron chi connectivity index (χ2n) is 9.01. The second-order valence-corrected chi connectivity index (χ2v) is 9.01. The van der Waals surface area contributed by atoms with Crippen LogP contribution >= 0.6 is 0 Å². The van der Waals surface area contributed by atoms with Crippen LogP contribution in [0.2, 0.25) is 0 Å². The zero-order valence-electron chi connectivity index (χ0n) is 17.6. The minimum absolute atomic E-state index is 0.601. The van der Waals surface area contributed by atoms with E-state index in [9.17, 15) is 0 Å². The number of hydrogen-bond donors (Lipinski definition) is 0. The Balaban J connectivity index is 1.16. The molecule has 0 amide bonds. The second kappa shape index (κ2) is 7.91. The van der Waals surface area contributed by atoms with Gasteiger partial charge < -0.3 is 4.90 Å². The lowest BCUT2D eigenvalue weighted by Gasteiger charge is -2.33. The molecule has 1 saturated heterocycles. The smallest absolute Gasteiger partial charge is 0.0649 e. The molecule has 2 aliphatic heterocycles. The topological polar surface area (TPSA) is 33.4 Å². The molecule has 4 heteroatoms. The number of likely N-dealkylation sites (tertiary alicyclic amines) is 1. The van der Waals surface area contributed by atoms with Crippen LogP contribution in [0.4, 0.5) is 0 Å². The van der Waals surface area contributed by atoms with Crippen molar-refractivity contribution < 1.29 is 0 Å². The standard InChI is InChI=1S/C25H32N4/c1-18-19(7-5-9-24-23(18)17-27-28(24)2)10-13-29-14-11-20(12-15-29)25-22-8-4-3-6-21(22)16-26-25/h3-4,6,8,17,19-20H,1,5,7,9-16H2,2H3. The summed E-state index contributed by atoms with van der Waals surface area (Å²) in [7, 11) is 2.06. The van der Waals surface area contributed by atoms with Gasteiger partial charge in [0, 0.05) is 35.5 Å². The molecule has 0 spiro atoms. The maximum Gasteiger partial charge on any atom is 0.0649 e. The van der Waals surface area contributed by atoms with E-state index in [0.717, 1.165) is 13.0 Å². The van der Waals surface area contributed by atoms with Crippen LogP contribution in [0.5, 0.6) is 0 Å². The summed E-state index contributed by atoms with van der Waals surface area (Å²) in [6, 6.07) is 8.78. The van der Waals surface area contributed by atoms with Crippen molar-refractivity contribution in [3.8, 4) is 0 Å². The summed E-state index contributed by atoms with van der Waals surface area (Å²) >= 11 is 0. The number of fused-ring (bicyclic) bond motifs is 2. The molecule has 152 valence electrons. The summed E-state index contributed by atoms with van der Waals surface area (Å²) in [5, 5.41) is 4.47. The van der Waals surface area contributed by atoms with Crippen molar-refractivity contribution >= 4 is 11.3 Å². The summed E-state index contributed by atoms with van der Waals surface area (Å²) < 4.78 is 2.04. The summed E-state index contributed by atoms with van der Waals surface area (Å²) in [6.07, 6.45) is 9.38. The van der Waals surface area contributed by atoms with Gasteiger partial charge in [0.05, 0.1) is 12.7 Å². The Hall–Kier alpha value is -2.20. The first-order chi connectivity index (χ1) is 14.2. The van der Waals surface area contributed by atoms with E-state index in [2.05, 4.69) is 47.9 Å². The number of aryl methyl sites for hydroxylation is 1. The average Bonchev–Trinajstić information content (AvgIpc) is 3.30. The van der Waals surface area contributed by atoms with E-state index < -0.39 is 0 Å². The highest BCUT2D eigenvalue weighted by molar-refractivity contribution is 6.05. The molecule has 29 heavy (non-hydrogen) atoms. The molecule has 0 bridgehead atoms. The van der Waals surface area contributed by atoms with Gasteiger partial charge in [-0.1, -0.05) is 30.8 Å². The molecule has 1 fully saturated rings. The first kappa shape index (κ1) is 18.8. The Morgan fingerprint density at radius 3 is 2.79 bits per heavy atom. The zero-order valence-corrected chi connectivity index (χ0v) is 17.6. The zero-order chi connectivity index (χ0) is 19.8. The summed E-state index contributed by atoms with van der Waals surface area (Å²) in [6.45, 7) is 8.94. The van der Waals surface area contributed by atoms with Gasteiger partial charge in [0.2, 0.25) is 0 Å². The molecule has 4 nitrogen and oxygen atoms in total. The van der Waals surface area contributed by atoms with E-state index in [0.29, 0.717) is 11.8 Å².